The van der Waals surface area contributed by atoms with E-state index < -0.39 is 0 Å². The SMILES string of the molecule is CCc1cc(Cl)c2c(c1)[C@H]1CNC[C@@H]1N(Cc1ccccc1)C2=O. The van der Waals surface area contributed by atoms with Gasteiger partial charge in [-0.3, -0.25) is 4.79 Å². The van der Waals surface area contributed by atoms with Gasteiger partial charge in [-0.05, 0) is 29.2 Å². The predicted octanol–water partition coefficient (Wildman–Crippen LogP) is 3.61. The Balaban J connectivity index is 1.78. The number of carbonyl (C=O) groups excluding carboxylic acids is 1. The van der Waals surface area contributed by atoms with Crippen LogP contribution in [-0.2, 0) is 13.0 Å². The first-order valence-corrected chi connectivity index (χ1v) is 8.94. The van der Waals surface area contributed by atoms with Gasteiger partial charge in [0.05, 0.1) is 16.6 Å². The number of hydrogen-bond acceptors (Lipinski definition) is 2. The summed E-state index contributed by atoms with van der Waals surface area (Å²) in [4.78, 5) is 15.2. The van der Waals surface area contributed by atoms with Gasteiger partial charge < -0.3 is 10.2 Å². The van der Waals surface area contributed by atoms with Crippen molar-refractivity contribution >= 4 is 17.5 Å². The van der Waals surface area contributed by atoms with Crippen molar-refractivity contribution in [1.82, 2.24) is 10.2 Å². The molecule has 0 spiro atoms. The van der Waals surface area contributed by atoms with E-state index in [1.165, 1.54) is 5.56 Å². The lowest BCUT2D eigenvalue weighted by atomic mass is 9.83. The minimum absolute atomic E-state index is 0.0615. The van der Waals surface area contributed by atoms with Gasteiger partial charge in [0, 0.05) is 25.6 Å². The molecule has 2 aliphatic rings. The highest BCUT2D eigenvalue weighted by molar-refractivity contribution is 6.34. The Morgan fingerprint density at radius 2 is 1.96 bits per heavy atom. The van der Waals surface area contributed by atoms with E-state index in [1.807, 2.05) is 29.2 Å². The van der Waals surface area contributed by atoms with Crippen LogP contribution in [-0.4, -0.2) is 29.9 Å². The molecule has 4 heteroatoms. The zero-order valence-corrected chi connectivity index (χ0v) is 14.5. The largest absolute Gasteiger partial charge is 0.329 e. The van der Waals surface area contributed by atoms with Gasteiger partial charge in [0.2, 0.25) is 0 Å². The monoisotopic (exact) mass is 340 g/mol. The fraction of sp³-hybridized carbons (Fsp3) is 0.350. The molecule has 2 atom stereocenters. The van der Waals surface area contributed by atoms with Crippen LogP contribution in [0.25, 0.3) is 0 Å². The molecule has 2 aliphatic heterocycles. The summed E-state index contributed by atoms with van der Waals surface area (Å²) in [6.07, 6.45) is 0.930. The summed E-state index contributed by atoms with van der Waals surface area (Å²) in [5.41, 5.74) is 4.19. The van der Waals surface area contributed by atoms with Gasteiger partial charge >= 0.3 is 0 Å². The third-order valence-corrected chi connectivity index (χ3v) is 5.54. The summed E-state index contributed by atoms with van der Waals surface area (Å²) in [6, 6.07) is 14.5. The summed E-state index contributed by atoms with van der Waals surface area (Å²) in [7, 11) is 0. The number of amides is 1. The van der Waals surface area contributed by atoms with E-state index >= 15 is 0 Å². The quantitative estimate of drug-likeness (QED) is 0.925. The van der Waals surface area contributed by atoms with Crippen LogP contribution in [0.2, 0.25) is 5.02 Å². The van der Waals surface area contributed by atoms with Crippen molar-refractivity contribution in [1.29, 1.82) is 0 Å². The van der Waals surface area contributed by atoms with Gasteiger partial charge in [0.15, 0.2) is 0 Å². The molecule has 24 heavy (non-hydrogen) atoms. The lowest BCUT2D eigenvalue weighted by molar-refractivity contribution is 0.0630. The molecule has 2 heterocycles. The normalized spacial score (nSPS) is 22.4. The summed E-state index contributed by atoms with van der Waals surface area (Å²) < 4.78 is 0. The number of benzene rings is 2. The molecule has 1 saturated heterocycles. The summed E-state index contributed by atoms with van der Waals surface area (Å²) >= 11 is 6.51. The standard InChI is InChI=1S/C20H21ClN2O/c1-2-13-8-15-16-10-22-11-18(16)23(12-14-6-4-3-5-7-14)20(24)19(15)17(21)9-13/h3-9,16,18,22H,2,10-12H2,1H3/t16-,18+/m1/s1. The smallest absolute Gasteiger partial charge is 0.256 e. The topological polar surface area (TPSA) is 32.3 Å². The molecule has 4 rings (SSSR count). The van der Waals surface area contributed by atoms with Crippen molar-refractivity contribution in [2.45, 2.75) is 31.8 Å². The predicted molar refractivity (Wildman–Crippen MR) is 96.5 cm³/mol. The van der Waals surface area contributed by atoms with Crippen LogP contribution >= 0.6 is 11.6 Å². The lowest BCUT2D eigenvalue weighted by Gasteiger charge is -2.39. The lowest BCUT2D eigenvalue weighted by Crippen LogP contribution is -2.47. The molecule has 1 amide bonds. The molecule has 0 aromatic heterocycles. The molecule has 2 aromatic rings. The molecule has 3 nitrogen and oxygen atoms in total. The van der Waals surface area contributed by atoms with Crippen LogP contribution < -0.4 is 5.32 Å². The highest BCUT2D eigenvalue weighted by Gasteiger charge is 2.43. The Hall–Kier alpha value is -1.84. The van der Waals surface area contributed by atoms with Crippen molar-refractivity contribution in [3.63, 3.8) is 0 Å². The fourth-order valence-electron chi connectivity index (χ4n) is 3.98. The summed E-state index contributed by atoms with van der Waals surface area (Å²) in [5, 5.41) is 4.06. The Bertz CT molecular complexity index is 775. The zero-order valence-electron chi connectivity index (χ0n) is 13.8. The number of halogens is 1. The molecule has 1 fully saturated rings. The number of aryl methyl sites for hydroxylation is 1. The third-order valence-electron chi connectivity index (χ3n) is 5.24. The molecule has 1 N–H and O–H groups in total. The van der Waals surface area contributed by atoms with Gasteiger partial charge in [-0.2, -0.15) is 0 Å². The molecule has 0 unspecified atom stereocenters. The van der Waals surface area contributed by atoms with E-state index in [0.717, 1.165) is 30.6 Å². The third kappa shape index (κ3) is 2.52. The van der Waals surface area contributed by atoms with Gasteiger partial charge in [-0.15, -0.1) is 0 Å². The van der Waals surface area contributed by atoms with Gasteiger partial charge in [-0.1, -0.05) is 54.9 Å². The Labute approximate surface area is 147 Å². The molecule has 0 saturated carbocycles. The number of nitrogens with one attached hydrogen (secondary N) is 1. The molecular weight excluding hydrogens is 320 g/mol. The maximum Gasteiger partial charge on any atom is 0.256 e. The van der Waals surface area contributed by atoms with Crippen LogP contribution in [0.15, 0.2) is 42.5 Å². The van der Waals surface area contributed by atoms with Crippen LogP contribution in [0.4, 0.5) is 0 Å². The van der Waals surface area contributed by atoms with E-state index in [2.05, 4.69) is 30.4 Å². The maximum absolute atomic E-state index is 13.2. The highest BCUT2D eigenvalue weighted by atomic mass is 35.5. The van der Waals surface area contributed by atoms with E-state index in [-0.39, 0.29) is 11.9 Å². The minimum Gasteiger partial charge on any atom is -0.329 e. The zero-order chi connectivity index (χ0) is 16.7. The average molecular weight is 341 g/mol. The van der Waals surface area contributed by atoms with Crippen LogP contribution in [0.3, 0.4) is 0 Å². The first kappa shape index (κ1) is 15.7. The van der Waals surface area contributed by atoms with Gasteiger partial charge in [0.25, 0.3) is 5.91 Å². The molecular formula is C20H21ClN2O. The summed E-state index contributed by atoms with van der Waals surface area (Å²) in [6.45, 7) is 4.50. The van der Waals surface area contributed by atoms with Crippen LogP contribution in [0, 0.1) is 0 Å². The average Bonchev–Trinajstić information content (AvgIpc) is 3.08. The minimum atomic E-state index is 0.0615. The van der Waals surface area contributed by atoms with E-state index in [9.17, 15) is 4.79 Å². The van der Waals surface area contributed by atoms with Crippen molar-refractivity contribution in [3.05, 3.63) is 69.7 Å². The van der Waals surface area contributed by atoms with Crippen LogP contribution in [0.1, 0.15) is 39.9 Å². The van der Waals surface area contributed by atoms with E-state index in [4.69, 9.17) is 11.6 Å². The molecule has 0 aliphatic carbocycles. The molecule has 2 aromatic carbocycles. The number of nitrogens with zero attached hydrogens (tertiary/aromatic N) is 1. The molecule has 0 radical (unpaired) electrons. The van der Waals surface area contributed by atoms with Crippen molar-refractivity contribution in [2.75, 3.05) is 13.1 Å². The number of hydrogen-bond donors (Lipinski definition) is 1. The summed E-state index contributed by atoms with van der Waals surface area (Å²) in [5.74, 6) is 0.386. The van der Waals surface area contributed by atoms with Crippen molar-refractivity contribution in [2.24, 2.45) is 0 Å². The van der Waals surface area contributed by atoms with E-state index in [1.54, 1.807) is 0 Å². The maximum atomic E-state index is 13.2. The van der Waals surface area contributed by atoms with Crippen LogP contribution in [0.5, 0.6) is 0 Å². The Morgan fingerprint density at radius 1 is 1.17 bits per heavy atom. The first-order valence-electron chi connectivity index (χ1n) is 8.57. The first-order chi connectivity index (χ1) is 11.7. The number of fused-ring (bicyclic) bond motifs is 3. The second-order valence-corrected chi connectivity index (χ2v) is 7.05. The second-order valence-electron chi connectivity index (χ2n) is 6.65. The Kier molecular flexibility index (Phi) is 4.07. The Morgan fingerprint density at radius 3 is 2.71 bits per heavy atom. The van der Waals surface area contributed by atoms with E-state index in [0.29, 0.717) is 23.0 Å². The second kappa shape index (κ2) is 6.23. The van der Waals surface area contributed by atoms with Crippen molar-refractivity contribution < 1.29 is 4.79 Å². The van der Waals surface area contributed by atoms with Gasteiger partial charge in [-0.25, -0.2) is 0 Å². The number of rotatable bonds is 3. The molecule has 124 valence electrons. The van der Waals surface area contributed by atoms with Crippen molar-refractivity contribution in [3.8, 4) is 0 Å². The molecule has 0 bridgehead atoms. The fourth-order valence-corrected chi connectivity index (χ4v) is 4.31. The van der Waals surface area contributed by atoms with Gasteiger partial charge in [0.1, 0.15) is 0 Å². The highest BCUT2D eigenvalue weighted by Crippen LogP contribution is 2.40. The number of carbonyl (C=O) groups is 1.